The van der Waals surface area contributed by atoms with Crippen LogP contribution >= 0.6 is 0 Å². The van der Waals surface area contributed by atoms with Crippen LogP contribution in [0.2, 0.25) is 0 Å². The molecular formula is C16H30N2. The minimum absolute atomic E-state index is 0.902. The molecular weight excluding hydrogens is 220 g/mol. The zero-order chi connectivity index (χ0) is 12.2. The normalized spacial score (nSPS) is 31.7. The lowest BCUT2D eigenvalue weighted by Gasteiger charge is -2.25. The van der Waals surface area contributed by atoms with E-state index in [1.807, 2.05) is 0 Å². The van der Waals surface area contributed by atoms with Crippen molar-refractivity contribution >= 4 is 0 Å². The van der Waals surface area contributed by atoms with Crippen LogP contribution in [0.3, 0.4) is 0 Å². The van der Waals surface area contributed by atoms with Gasteiger partial charge in [0.2, 0.25) is 0 Å². The molecule has 0 aromatic heterocycles. The summed E-state index contributed by atoms with van der Waals surface area (Å²) >= 11 is 0. The lowest BCUT2D eigenvalue weighted by Crippen LogP contribution is -2.37. The summed E-state index contributed by atoms with van der Waals surface area (Å²) in [5.74, 6) is 1.08. The predicted octanol–water partition coefficient (Wildman–Crippen LogP) is 3.13. The van der Waals surface area contributed by atoms with Gasteiger partial charge in [0.15, 0.2) is 0 Å². The van der Waals surface area contributed by atoms with Gasteiger partial charge < -0.3 is 4.90 Å². The summed E-state index contributed by atoms with van der Waals surface area (Å²) in [5, 5.41) is 0. The lowest BCUT2D eigenvalue weighted by molar-refractivity contribution is 0.215. The monoisotopic (exact) mass is 250 g/mol. The SMILES string of the molecule is C1CCC(CCCN2CCCN3CCCC3C2)C1. The molecule has 2 saturated heterocycles. The summed E-state index contributed by atoms with van der Waals surface area (Å²) in [6.45, 7) is 6.84. The molecule has 1 unspecified atom stereocenters. The van der Waals surface area contributed by atoms with Crippen LogP contribution in [0.5, 0.6) is 0 Å². The van der Waals surface area contributed by atoms with Crippen LogP contribution in [-0.2, 0) is 0 Å². The van der Waals surface area contributed by atoms with Crippen molar-refractivity contribution in [3.63, 3.8) is 0 Å². The van der Waals surface area contributed by atoms with Crippen LogP contribution in [-0.4, -0.2) is 48.6 Å². The first kappa shape index (κ1) is 12.9. The van der Waals surface area contributed by atoms with E-state index in [0.29, 0.717) is 0 Å². The van der Waals surface area contributed by atoms with E-state index in [9.17, 15) is 0 Å². The van der Waals surface area contributed by atoms with Gasteiger partial charge in [-0.3, -0.25) is 4.90 Å². The Morgan fingerprint density at radius 2 is 1.67 bits per heavy atom. The third kappa shape index (κ3) is 3.27. The van der Waals surface area contributed by atoms with E-state index in [1.165, 1.54) is 90.5 Å². The maximum Gasteiger partial charge on any atom is 0.0223 e. The van der Waals surface area contributed by atoms with Gasteiger partial charge in [-0.1, -0.05) is 25.7 Å². The fourth-order valence-electron chi connectivity index (χ4n) is 4.39. The fourth-order valence-corrected chi connectivity index (χ4v) is 4.39. The Morgan fingerprint density at radius 1 is 0.833 bits per heavy atom. The van der Waals surface area contributed by atoms with Crippen molar-refractivity contribution in [3.05, 3.63) is 0 Å². The molecule has 0 aromatic carbocycles. The topological polar surface area (TPSA) is 6.48 Å². The first-order chi connectivity index (χ1) is 8.92. The van der Waals surface area contributed by atoms with Gasteiger partial charge in [-0.05, 0) is 64.2 Å². The number of nitrogens with zero attached hydrogens (tertiary/aromatic N) is 2. The highest BCUT2D eigenvalue weighted by atomic mass is 15.3. The minimum Gasteiger partial charge on any atom is -0.302 e. The largest absolute Gasteiger partial charge is 0.302 e. The van der Waals surface area contributed by atoms with Gasteiger partial charge in [0.25, 0.3) is 0 Å². The zero-order valence-electron chi connectivity index (χ0n) is 11.9. The van der Waals surface area contributed by atoms with E-state index >= 15 is 0 Å². The molecule has 104 valence electrons. The van der Waals surface area contributed by atoms with Crippen LogP contribution < -0.4 is 0 Å². The second kappa shape index (κ2) is 6.38. The van der Waals surface area contributed by atoms with E-state index in [-0.39, 0.29) is 0 Å². The summed E-state index contributed by atoms with van der Waals surface area (Å²) in [4.78, 5) is 5.52. The summed E-state index contributed by atoms with van der Waals surface area (Å²) < 4.78 is 0. The number of rotatable bonds is 4. The molecule has 3 fully saturated rings. The molecule has 3 aliphatic rings. The Bertz CT molecular complexity index is 247. The van der Waals surface area contributed by atoms with Crippen molar-refractivity contribution in [2.45, 2.75) is 63.8 Å². The first-order valence-electron chi connectivity index (χ1n) is 8.38. The average molecular weight is 250 g/mol. The molecule has 0 radical (unpaired) electrons. The van der Waals surface area contributed by atoms with Crippen LogP contribution in [0, 0.1) is 5.92 Å². The van der Waals surface area contributed by atoms with E-state index in [0.717, 1.165) is 12.0 Å². The molecule has 0 aromatic rings. The smallest absolute Gasteiger partial charge is 0.0223 e. The number of fused-ring (bicyclic) bond motifs is 1. The zero-order valence-corrected chi connectivity index (χ0v) is 11.9. The van der Waals surface area contributed by atoms with Crippen LogP contribution in [0.25, 0.3) is 0 Å². The van der Waals surface area contributed by atoms with E-state index in [2.05, 4.69) is 9.80 Å². The van der Waals surface area contributed by atoms with Gasteiger partial charge in [-0.25, -0.2) is 0 Å². The Balaban J connectivity index is 1.38. The van der Waals surface area contributed by atoms with Gasteiger partial charge in [-0.2, -0.15) is 0 Å². The van der Waals surface area contributed by atoms with Gasteiger partial charge in [0.05, 0.1) is 0 Å². The van der Waals surface area contributed by atoms with Gasteiger partial charge in [-0.15, -0.1) is 0 Å². The minimum atomic E-state index is 0.902. The van der Waals surface area contributed by atoms with Crippen LogP contribution in [0.4, 0.5) is 0 Å². The quantitative estimate of drug-likeness (QED) is 0.756. The van der Waals surface area contributed by atoms with Gasteiger partial charge in [0.1, 0.15) is 0 Å². The third-order valence-electron chi connectivity index (χ3n) is 5.45. The molecule has 1 aliphatic carbocycles. The van der Waals surface area contributed by atoms with Crippen LogP contribution in [0.1, 0.15) is 57.8 Å². The average Bonchev–Trinajstić information content (AvgIpc) is 2.99. The molecule has 0 N–H and O–H groups in total. The molecule has 1 atom stereocenters. The lowest BCUT2D eigenvalue weighted by atomic mass is 10.0. The Hall–Kier alpha value is -0.0800. The Kier molecular flexibility index (Phi) is 4.58. The maximum absolute atomic E-state index is 2.77. The van der Waals surface area contributed by atoms with Crippen LogP contribution in [0.15, 0.2) is 0 Å². The second-order valence-electron chi connectivity index (χ2n) is 6.78. The van der Waals surface area contributed by atoms with Crippen molar-refractivity contribution in [1.29, 1.82) is 0 Å². The molecule has 18 heavy (non-hydrogen) atoms. The maximum atomic E-state index is 2.77. The molecule has 2 nitrogen and oxygen atoms in total. The van der Waals surface area contributed by atoms with Crippen molar-refractivity contribution < 1.29 is 0 Å². The fraction of sp³-hybridized carbons (Fsp3) is 1.00. The van der Waals surface area contributed by atoms with Crippen molar-refractivity contribution in [1.82, 2.24) is 9.80 Å². The highest BCUT2D eigenvalue weighted by Gasteiger charge is 2.28. The molecule has 3 rings (SSSR count). The van der Waals surface area contributed by atoms with E-state index < -0.39 is 0 Å². The second-order valence-corrected chi connectivity index (χ2v) is 6.78. The molecule has 2 heterocycles. The highest BCUT2D eigenvalue weighted by Crippen LogP contribution is 2.29. The van der Waals surface area contributed by atoms with Crippen molar-refractivity contribution in [3.8, 4) is 0 Å². The van der Waals surface area contributed by atoms with Gasteiger partial charge >= 0.3 is 0 Å². The Labute approximate surface area is 113 Å². The number of hydrogen-bond acceptors (Lipinski definition) is 2. The molecule has 0 spiro atoms. The Morgan fingerprint density at radius 3 is 2.56 bits per heavy atom. The van der Waals surface area contributed by atoms with Gasteiger partial charge in [0, 0.05) is 12.6 Å². The molecule has 0 amide bonds. The van der Waals surface area contributed by atoms with E-state index in [1.54, 1.807) is 0 Å². The van der Waals surface area contributed by atoms with Crippen molar-refractivity contribution in [2.75, 3.05) is 32.7 Å². The summed E-state index contributed by atoms with van der Waals surface area (Å²) in [7, 11) is 0. The number of hydrogen-bond donors (Lipinski definition) is 0. The molecule has 2 heteroatoms. The first-order valence-corrected chi connectivity index (χ1v) is 8.38. The van der Waals surface area contributed by atoms with Crippen molar-refractivity contribution in [2.24, 2.45) is 5.92 Å². The standard InChI is InChI=1S/C16H30N2/c1-2-7-15(6-1)8-3-10-17-11-5-13-18-12-4-9-16(18)14-17/h15-16H,1-14H2. The molecule has 0 bridgehead atoms. The molecule has 2 aliphatic heterocycles. The summed E-state index contributed by atoms with van der Waals surface area (Å²) in [6, 6.07) is 0.902. The third-order valence-corrected chi connectivity index (χ3v) is 5.45. The summed E-state index contributed by atoms with van der Waals surface area (Å²) in [6.07, 6.45) is 13.3. The summed E-state index contributed by atoms with van der Waals surface area (Å²) in [5.41, 5.74) is 0. The highest BCUT2D eigenvalue weighted by molar-refractivity contribution is 4.85. The predicted molar refractivity (Wildman–Crippen MR) is 76.8 cm³/mol. The van der Waals surface area contributed by atoms with E-state index in [4.69, 9.17) is 0 Å². The molecule has 1 saturated carbocycles.